The number of aryl methyl sites for hydroxylation is 1. The Kier molecular flexibility index (Phi) is 6.06. The van der Waals surface area contributed by atoms with Crippen LogP contribution in [-0.2, 0) is 16.1 Å². The second kappa shape index (κ2) is 8.25. The van der Waals surface area contributed by atoms with Crippen LogP contribution < -0.4 is 0 Å². The van der Waals surface area contributed by atoms with Gasteiger partial charge in [-0.1, -0.05) is 60.2 Å². The SMILES string of the molecule is COCCN(Cc1ccccc1)C(=O)C(=O)c1ccc(C)cc1. The van der Waals surface area contributed by atoms with Crippen molar-refractivity contribution in [2.24, 2.45) is 0 Å². The number of nitrogens with zero attached hydrogens (tertiary/aromatic N) is 1. The van der Waals surface area contributed by atoms with Gasteiger partial charge in [-0.15, -0.1) is 0 Å². The van der Waals surface area contributed by atoms with Crippen molar-refractivity contribution in [3.63, 3.8) is 0 Å². The summed E-state index contributed by atoms with van der Waals surface area (Å²) in [6.45, 7) is 3.10. The molecule has 0 aromatic heterocycles. The zero-order valence-corrected chi connectivity index (χ0v) is 13.5. The van der Waals surface area contributed by atoms with E-state index in [-0.39, 0.29) is 0 Å². The quantitative estimate of drug-likeness (QED) is 0.583. The van der Waals surface area contributed by atoms with Gasteiger partial charge >= 0.3 is 0 Å². The van der Waals surface area contributed by atoms with E-state index in [4.69, 9.17) is 4.74 Å². The minimum Gasteiger partial charge on any atom is -0.383 e. The molecule has 0 bridgehead atoms. The van der Waals surface area contributed by atoms with Crippen molar-refractivity contribution in [3.8, 4) is 0 Å². The van der Waals surface area contributed by atoms with Crippen molar-refractivity contribution < 1.29 is 14.3 Å². The number of hydrogen-bond acceptors (Lipinski definition) is 3. The highest BCUT2D eigenvalue weighted by Gasteiger charge is 2.23. The molecule has 0 radical (unpaired) electrons. The van der Waals surface area contributed by atoms with Crippen LogP contribution in [0.25, 0.3) is 0 Å². The summed E-state index contributed by atoms with van der Waals surface area (Å²) in [6, 6.07) is 16.6. The predicted octanol–water partition coefficient (Wildman–Crippen LogP) is 2.85. The van der Waals surface area contributed by atoms with Crippen LogP contribution in [0.2, 0.25) is 0 Å². The van der Waals surface area contributed by atoms with Gasteiger partial charge in [0, 0.05) is 25.8 Å². The number of hydrogen-bond donors (Lipinski definition) is 0. The van der Waals surface area contributed by atoms with Gasteiger partial charge in [0.1, 0.15) is 0 Å². The Morgan fingerprint density at radius 3 is 2.26 bits per heavy atom. The first-order valence-corrected chi connectivity index (χ1v) is 7.55. The number of ketones is 1. The van der Waals surface area contributed by atoms with E-state index in [1.807, 2.05) is 49.4 Å². The molecule has 4 nitrogen and oxygen atoms in total. The summed E-state index contributed by atoms with van der Waals surface area (Å²) in [5.74, 6) is -0.994. The molecule has 0 aliphatic rings. The van der Waals surface area contributed by atoms with Gasteiger partial charge in [0.25, 0.3) is 5.91 Å². The zero-order valence-electron chi connectivity index (χ0n) is 13.5. The number of methoxy groups -OCH3 is 1. The Morgan fingerprint density at radius 1 is 1.00 bits per heavy atom. The first kappa shape index (κ1) is 16.9. The fourth-order valence-corrected chi connectivity index (χ4v) is 2.23. The predicted molar refractivity (Wildman–Crippen MR) is 89.2 cm³/mol. The second-order valence-electron chi connectivity index (χ2n) is 5.40. The molecule has 2 rings (SSSR count). The van der Waals surface area contributed by atoms with Crippen LogP contribution in [0.4, 0.5) is 0 Å². The molecule has 120 valence electrons. The van der Waals surface area contributed by atoms with E-state index >= 15 is 0 Å². The first-order valence-electron chi connectivity index (χ1n) is 7.55. The number of carbonyl (C=O) groups is 2. The summed E-state index contributed by atoms with van der Waals surface area (Å²) < 4.78 is 5.06. The summed E-state index contributed by atoms with van der Waals surface area (Å²) in [7, 11) is 1.58. The van der Waals surface area contributed by atoms with Crippen LogP contribution >= 0.6 is 0 Å². The monoisotopic (exact) mass is 311 g/mol. The number of carbonyl (C=O) groups excluding carboxylic acids is 2. The maximum absolute atomic E-state index is 12.6. The molecule has 0 spiro atoms. The molecular weight excluding hydrogens is 290 g/mol. The Balaban J connectivity index is 2.15. The molecular formula is C19H21NO3. The Morgan fingerprint density at radius 2 is 1.65 bits per heavy atom. The van der Waals surface area contributed by atoms with E-state index in [9.17, 15) is 9.59 Å². The molecule has 0 saturated carbocycles. The van der Waals surface area contributed by atoms with Gasteiger partial charge in [-0.05, 0) is 12.5 Å². The fourth-order valence-electron chi connectivity index (χ4n) is 2.23. The molecule has 0 saturated heterocycles. The van der Waals surface area contributed by atoms with Crippen LogP contribution in [0.1, 0.15) is 21.5 Å². The van der Waals surface area contributed by atoms with Gasteiger partial charge in [-0.3, -0.25) is 9.59 Å². The maximum atomic E-state index is 12.6. The summed E-state index contributed by atoms with van der Waals surface area (Å²) in [5.41, 5.74) is 2.44. The molecule has 0 unspecified atom stereocenters. The van der Waals surface area contributed by atoms with Crippen LogP contribution in [0.5, 0.6) is 0 Å². The molecule has 4 heteroatoms. The highest BCUT2D eigenvalue weighted by molar-refractivity contribution is 6.42. The van der Waals surface area contributed by atoms with Gasteiger partial charge in [-0.2, -0.15) is 0 Å². The smallest absolute Gasteiger partial charge is 0.295 e. The highest BCUT2D eigenvalue weighted by Crippen LogP contribution is 2.10. The average Bonchev–Trinajstić information content (AvgIpc) is 2.59. The van der Waals surface area contributed by atoms with Crippen molar-refractivity contribution in [1.29, 1.82) is 0 Å². The van der Waals surface area contributed by atoms with Crippen molar-refractivity contribution in [2.75, 3.05) is 20.3 Å². The van der Waals surface area contributed by atoms with Gasteiger partial charge in [0.2, 0.25) is 5.78 Å². The van der Waals surface area contributed by atoms with Gasteiger partial charge < -0.3 is 9.64 Å². The third-order valence-corrected chi connectivity index (χ3v) is 3.58. The molecule has 1 amide bonds. The lowest BCUT2D eigenvalue weighted by Gasteiger charge is -2.21. The summed E-state index contributed by atoms with van der Waals surface area (Å²) in [5, 5.41) is 0. The molecule has 23 heavy (non-hydrogen) atoms. The molecule has 2 aromatic rings. The Hall–Kier alpha value is -2.46. The molecule has 0 aliphatic heterocycles. The third-order valence-electron chi connectivity index (χ3n) is 3.58. The first-order chi connectivity index (χ1) is 11.1. The molecule has 0 fully saturated rings. The normalized spacial score (nSPS) is 10.3. The maximum Gasteiger partial charge on any atom is 0.295 e. The largest absolute Gasteiger partial charge is 0.383 e. The average molecular weight is 311 g/mol. The molecule has 2 aromatic carbocycles. The topological polar surface area (TPSA) is 46.6 Å². The van der Waals surface area contributed by atoms with E-state index in [0.29, 0.717) is 25.3 Å². The van der Waals surface area contributed by atoms with E-state index < -0.39 is 11.7 Å². The van der Waals surface area contributed by atoms with Crippen molar-refractivity contribution in [3.05, 3.63) is 71.3 Å². The number of amides is 1. The van der Waals surface area contributed by atoms with Gasteiger partial charge in [-0.25, -0.2) is 0 Å². The lowest BCUT2D eigenvalue weighted by atomic mass is 10.1. The standard InChI is InChI=1S/C19H21NO3/c1-15-8-10-17(11-9-15)18(21)19(22)20(12-13-23-2)14-16-6-4-3-5-7-16/h3-11H,12-14H2,1-2H3. The second-order valence-corrected chi connectivity index (χ2v) is 5.40. The van der Waals surface area contributed by atoms with Crippen molar-refractivity contribution >= 4 is 11.7 Å². The van der Waals surface area contributed by atoms with Gasteiger partial charge in [0.05, 0.1) is 6.61 Å². The fraction of sp³-hybridized carbons (Fsp3) is 0.263. The van der Waals surface area contributed by atoms with E-state index in [2.05, 4.69) is 0 Å². The van der Waals surface area contributed by atoms with Crippen molar-refractivity contribution in [1.82, 2.24) is 4.90 Å². The lowest BCUT2D eigenvalue weighted by Crippen LogP contribution is -2.38. The zero-order chi connectivity index (χ0) is 16.7. The van der Waals surface area contributed by atoms with Crippen LogP contribution in [0.3, 0.4) is 0 Å². The van der Waals surface area contributed by atoms with E-state index in [0.717, 1.165) is 11.1 Å². The molecule has 0 aliphatic carbocycles. The lowest BCUT2D eigenvalue weighted by molar-refractivity contribution is -0.127. The van der Waals surface area contributed by atoms with Crippen molar-refractivity contribution in [2.45, 2.75) is 13.5 Å². The minimum absolute atomic E-state index is 0.377. The summed E-state index contributed by atoms with van der Waals surface area (Å²) in [6.07, 6.45) is 0. The third kappa shape index (κ3) is 4.76. The van der Waals surface area contributed by atoms with E-state index in [1.54, 1.807) is 19.2 Å². The number of Topliss-reactive ketones (excluding diaryl/α,β-unsaturated/α-hetero) is 1. The number of rotatable bonds is 7. The summed E-state index contributed by atoms with van der Waals surface area (Å²) >= 11 is 0. The van der Waals surface area contributed by atoms with E-state index in [1.165, 1.54) is 4.90 Å². The van der Waals surface area contributed by atoms with Gasteiger partial charge in [0.15, 0.2) is 0 Å². The molecule has 0 atom stereocenters. The Labute approximate surface area is 136 Å². The van der Waals surface area contributed by atoms with Crippen LogP contribution in [0, 0.1) is 6.92 Å². The number of ether oxygens (including phenoxy) is 1. The highest BCUT2D eigenvalue weighted by atomic mass is 16.5. The number of benzene rings is 2. The molecule has 0 N–H and O–H groups in total. The van der Waals surface area contributed by atoms with Crippen LogP contribution in [0.15, 0.2) is 54.6 Å². The minimum atomic E-state index is -0.505. The Bertz CT molecular complexity index is 650. The van der Waals surface area contributed by atoms with Crippen LogP contribution in [-0.4, -0.2) is 36.9 Å². The molecule has 0 heterocycles. The summed E-state index contributed by atoms with van der Waals surface area (Å²) in [4.78, 5) is 26.5.